The van der Waals surface area contributed by atoms with Gasteiger partial charge in [0, 0.05) is 22.3 Å². The zero-order valence-corrected chi connectivity index (χ0v) is 37.4. The summed E-state index contributed by atoms with van der Waals surface area (Å²) in [7, 11) is 0. The Kier molecular flexibility index (Phi) is 13.2. The molecule has 3 fully saturated rings. The van der Waals surface area contributed by atoms with Crippen LogP contribution in [0.2, 0.25) is 0 Å². The van der Waals surface area contributed by atoms with Gasteiger partial charge in [0.1, 0.15) is 29.4 Å². The van der Waals surface area contributed by atoms with E-state index >= 15 is 0 Å². The van der Waals surface area contributed by atoms with Crippen molar-refractivity contribution in [1.82, 2.24) is 59.2 Å². The number of halogens is 6. The molecule has 32 heteroatoms. The van der Waals surface area contributed by atoms with E-state index in [0.717, 1.165) is 32.6 Å². The molecule has 3 aliphatic rings. The zero-order chi connectivity index (χ0) is 55.2. The van der Waals surface area contributed by atoms with E-state index in [2.05, 4.69) is 55.8 Å². The van der Waals surface area contributed by atoms with E-state index < -0.39 is 108 Å². The maximum absolute atomic E-state index is 14.7. The SMILES string of the molecule is C#C[C@]1(O)[C@H](n2ncc3c(=O)[nH]c(N)nc32)O[C@](F)(CO)[C@H]1F.[3H]CCNc1nc2c(cnn2[C@@H]2O[C@](F)(CC)[C@@H](F)[C@]2(O)C#C)c(=O)[nH]1.[3H]CCNc1nc2c(cnn2[C@@H]2O[C@](F)(CO)[C@@H](F)[C@]2(O)C#C)c(=O)[nH]1. The van der Waals surface area contributed by atoms with Gasteiger partial charge in [-0.15, -0.1) is 19.3 Å². The third-order valence-corrected chi connectivity index (χ3v) is 11.6. The summed E-state index contributed by atoms with van der Waals surface area (Å²) in [5.74, 6) is -4.26. The number of aliphatic hydroxyl groups is 5. The number of nitrogens with one attached hydrogen (secondary N) is 5. The number of hydrogen-bond donors (Lipinski definition) is 11. The van der Waals surface area contributed by atoms with Crippen molar-refractivity contribution in [2.24, 2.45) is 0 Å². The van der Waals surface area contributed by atoms with Gasteiger partial charge in [-0.05, 0) is 13.8 Å². The largest absolute Gasteiger partial charge is 0.390 e. The maximum atomic E-state index is 14.7. The van der Waals surface area contributed by atoms with Gasteiger partial charge in [-0.3, -0.25) is 29.3 Å². The number of terminal acetylenes is 3. The minimum Gasteiger partial charge on any atom is -0.390 e. The first kappa shape index (κ1) is 50.3. The summed E-state index contributed by atoms with van der Waals surface area (Å²) in [4.78, 5) is 55.0. The lowest BCUT2D eigenvalue weighted by Crippen LogP contribution is -2.47. The predicted molar refractivity (Wildman–Crippen MR) is 240 cm³/mol. The summed E-state index contributed by atoms with van der Waals surface area (Å²) < 4.78 is 118. The molecule has 0 aromatic carbocycles. The van der Waals surface area contributed by atoms with Crippen LogP contribution in [-0.4, -0.2) is 164 Å². The summed E-state index contributed by atoms with van der Waals surface area (Å²) in [5, 5.41) is 66.0. The molecular formula is C41H43F6N15O11. The number of alkyl halides is 6. The lowest BCUT2D eigenvalue weighted by atomic mass is 9.94. The fraction of sp³-hybridized carbons (Fsp3) is 0.488. The van der Waals surface area contributed by atoms with E-state index in [-0.39, 0.29) is 77.8 Å². The second kappa shape index (κ2) is 19.1. The van der Waals surface area contributed by atoms with Crippen molar-refractivity contribution >= 4 is 50.9 Å². The lowest BCUT2D eigenvalue weighted by molar-refractivity contribution is -0.197. The maximum Gasteiger partial charge on any atom is 0.270 e. The number of fused-ring (bicyclic) bond motifs is 3. The molecule has 73 heavy (non-hydrogen) atoms. The van der Waals surface area contributed by atoms with Crippen LogP contribution in [0.25, 0.3) is 33.1 Å². The Labute approximate surface area is 406 Å². The molecule has 26 nitrogen and oxygen atoms in total. The molecule has 3 aliphatic heterocycles. The highest BCUT2D eigenvalue weighted by Crippen LogP contribution is 2.50. The van der Waals surface area contributed by atoms with Crippen molar-refractivity contribution in [3.63, 3.8) is 0 Å². The van der Waals surface area contributed by atoms with Crippen LogP contribution in [-0.2, 0) is 14.2 Å². The molecule has 0 amide bonds. The van der Waals surface area contributed by atoms with Gasteiger partial charge in [0.05, 0.1) is 18.6 Å². The molecule has 6 aromatic heterocycles. The third-order valence-electron chi connectivity index (χ3n) is 11.6. The summed E-state index contributed by atoms with van der Waals surface area (Å²) in [6.45, 7) is -0.989. The van der Waals surface area contributed by atoms with Crippen LogP contribution in [0.15, 0.2) is 33.0 Å². The average molecular weight is 1040 g/mol. The number of anilines is 3. The molecule has 0 unspecified atom stereocenters. The number of aromatic nitrogens is 12. The van der Waals surface area contributed by atoms with E-state index in [1.807, 2.05) is 5.92 Å². The van der Waals surface area contributed by atoms with Gasteiger partial charge in [0.25, 0.3) is 28.4 Å². The highest BCUT2D eigenvalue weighted by Gasteiger charge is 2.68. The molecule has 0 aliphatic carbocycles. The molecule has 6 aromatic rings. The molecule has 12 N–H and O–H groups in total. The van der Waals surface area contributed by atoms with Gasteiger partial charge in [-0.2, -0.15) is 30.2 Å². The first-order valence-electron chi connectivity index (χ1n) is 22.4. The molecule has 390 valence electrons. The molecule has 9 heterocycles. The van der Waals surface area contributed by atoms with Crippen LogP contribution < -0.4 is 33.0 Å². The number of aliphatic hydroxyl groups excluding tert-OH is 2. The van der Waals surface area contributed by atoms with E-state index in [0.29, 0.717) is 0 Å². The van der Waals surface area contributed by atoms with Gasteiger partial charge in [-0.1, -0.05) is 24.7 Å². The Morgan fingerprint density at radius 2 is 0.986 bits per heavy atom. The number of ether oxygens (including phenoxy) is 3. The van der Waals surface area contributed by atoms with E-state index in [4.69, 9.17) is 52.2 Å². The van der Waals surface area contributed by atoms with Gasteiger partial charge in [0.2, 0.25) is 59.0 Å². The number of rotatable bonds is 10. The minimum absolute atomic E-state index is 0.00793. The quantitative estimate of drug-likeness (QED) is 0.0572. The van der Waals surface area contributed by atoms with Gasteiger partial charge in [-0.25, -0.2) is 40.4 Å². The van der Waals surface area contributed by atoms with Crippen LogP contribution in [0.3, 0.4) is 0 Å². The van der Waals surface area contributed by atoms with Crippen molar-refractivity contribution in [3.05, 3.63) is 49.7 Å². The van der Waals surface area contributed by atoms with Gasteiger partial charge >= 0.3 is 0 Å². The fourth-order valence-corrected chi connectivity index (χ4v) is 7.75. The lowest BCUT2D eigenvalue weighted by Gasteiger charge is -2.24. The van der Waals surface area contributed by atoms with Crippen molar-refractivity contribution < 1.29 is 68.8 Å². The normalized spacial score (nSPS) is 32.9. The zero-order valence-electron chi connectivity index (χ0n) is 39.4. The van der Waals surface area contributed by atoms with Crippen LogP contribution in [0.5, 0.6) is 0 Å². The summed E-state index contributed by atoms with van der Waals surface area (Å²) in [6.07, 6.45) is 4.88. The first-order chi connectivity index (χ1) is 35.4. The van der Waals surface area contributed by atoms with E-state index in [9.17, 15) is 56.0 Å². The van der Waals surface area contributed by atoms with Crippen molar-refractivity contribution in [2.75, 3.05) is 42.7 Å². The molecule has 3 saturated heterocycles. The number of nitrogens with two attached hydrogens (primary N) is 1. The van der Waals surface area contributed by atoms with Crippen LogP contribution >= 0.6 is 0 Å². The molecule has 0 spiro atoms. The minimum atomic E-state index is -3.25. The van der Waals surface area contributed by atoms with E-state index in [1.165, 1.54) is 6.92 Å². The van der Waals surface area contributed by atoms with Crippen molar-refractivity contribution in [1.29, 1.82) is 0 Å². The predicted octanol–water partition coefficient (Wildman–Crippen LogP) is -1.11. The average Bonchev–Trinajstić information content (AvgIpc) is 4.24. The number of H-pyrrole nitrogens is 3. The number of nitrogens with zero attached hydrogens (tertiary/aromatic N) is 9. The fourth-order valence-electron chi connectivity index (χ4n) is 7.75. The molecule has 9 rings (SSSR count). The molecule has 0 bridgehead atoms. The molecule has 12 atom stereocenters. The van der Waals surface area contributed by atoms with Crippen LogP contribution in [0, 0.1) is 37.0 Å². The highest BCUT2D eigenvalue weighted by atomic mass is 19.2. The number of aromatic amines is 3. The van der Waals surface area contributed by atoms with Crippen molar-refractivity contribution in [3.8, 4) is 37.0 Å². The third kappa shape index (κ3) is 8.43. The molecule has 0 radical (unpaired) electrons. The Morgan fingerprint density at radius 1 is 0.658 bits per heavy atom. The summed E-state index contributed by atoms with van der Waals surface area (Å²) in [6, 6.07) is 0. The van der Waals surface area contributed by atoms with Gasteiger partial charge < -0.3 is 56.1 Å². The van der Waals surface area contributed by atoms with Crippen LogP contribution in [0.1, 0.15) is 48.6 Å². The Balaban J connectivity index is 0.000000164. The second-order valence-corrected chi connectivity index (χ2v) is 16.0. The smallest absolute Gasteiger partial charge is 0.270 e. The van der Waals surface area contributed by atoms with E-state index in [1.54, 1.807) is 11.8 Å². The number of hydrogen-bond acceptors (Lipinski definition) is 20. The standard InChI is InChI=1S/C15H17F2N5O3.C14H15F2N5O4.C12H11F2N5O4/c1-4-14(24)11(16)15(17,5-2)25-12(14)22-9-8(7-19-22)10(23)21-13(20-9)18-6-3;1-3-13(24)10(15)14(16,6-22)25-11(13)21-8-7(5-18-21)9(23)20-12(19-8)17-4-2;1-2-11(22)8(13)12(14,4-20)23-9(11)19-6-5(3-16-19)7(21)18-10(15)17-6/h1,7,11-12,24H,5-6H2,2-3H3,(H2,18,20,21,23);1,5,10-11,22,24H,4,6H2,2H3,(H2,17,19,20,23);1,3,8-9,20,22H,4H2,(H3,15,17,18,21)/t11-,12+,14+,15+;10-,11+,13+,14+;8-,9+,11+,12+/m000/s1/i3T;2T;. The second-order valence-electron chi connectivity index (χ2n) is 16.0. The van der Waals surface area contributed by atoms with Crippen molar-refractivity contribution in [2.45, 2.75) is 98.7 Å². The first-order valence-corrected chi connectivity index (χ1v) is 21.0. The Hall–Kier alpha value is -7.61. The summed E-state index contributed by atoms with van der Waals surface area (Å²) in [5.41, 5.74) is -5.04. The van der Waals surface area contributed by atoms with Gasteiger partial charge in [0.15, 0.2) is 35.6 Å². The Morgan fingerprint density at radius 3 is 1.32 bits per heavy atom. The number of nitrogen functional groups attached to an aromatic ring is 1. The molecular weight excluding hydrogens is 993 g/mol. The highest BCUT2D eigenvalue weighted by molar-refractivity contribution is 5.76. The topological polar surface area (TPSA) is 370 Å². The summed E-state index contributed by atoms with van der Waals surface area (Å²) >= 11 is 0. The monoisotopic (exact) mass is 1040 g/mol. The Bertz CT molecular complexity index is 3290. The van der Waals surface area contributed by atoms with Crippen LogP contribution in [0.4, 0.5) is 44.2 Å². The molecule has 0 saturated carbocycles.